The average molecular weight is 439 g/mol. The quantitative estimate of drug-likeness (QED) is 0.390. The van der Waals surface area contributed by atoms with E-state index in [4.69, 9.17) is 4.74 Å². The molecule has 2 rings (SSSR count). The summed E-state index contributed by atoms with van der Waals surface area (Å²) in [7, 11) is 0. The lowest BCUT2D eigenvalue weighted by Crippen LogP contribution is -2.36. The molecule has 0 radical (unpaired) electrons. The zero-order valence-electron chi connectivity index (χ0n) is 14.3. The fourth-order valence-electron chi connectivity index (χ4n) is 2.11. The van der Waals surface area contributed by atoms with E-state index in [-0.39, 0.29) is 24.0 Å². The lowest BCUT2D eigenvalue weighted by atomic mass is 10.2. The predicted octanol–water partition coefficient (Wildman–Crippen LogP) is 3.96. The van der Waals surface area contributed by atoms with Crippen LogP contribution in [0.15, 0.2) is 59.6 Å². The van der Waals surface area contributed by atoms with Crippen LogP contribution < -0.4 is 15.4 Å². The van der Waals surface area contributed by atoms with Gasteiger partial charge in [0, 0.05) is 13.1 Å². The van der Waals surface area contributed by atoms with Crippen molar-refractivity contribution in [1.82, 2.24) is 10.6 Å². The summed E-state index contributed by atoms with van der Waals surface area (Å²) in [6, 6.07) is 18.3. The van der Waals surface area contributed by atoms with Crippen LogP contribution in [0.25, 0.3) is 0 Å². The topological polar surface area (TPSA) is 45.7 Å². The van der Waals surface area contributed by atoms with E-state index < -0.39 is 0 Å². The number of benzene rings is 2. The first-order valence-electron chi connectivity index (χ1n) is 8.09. The molecular formula is C19H26IN3O. The molecule has 0 heterocycles. The molecule has 0 spiro atoms. The van der Waals surface area contributed by atoms with Crippen LogP contribution in [0.5, 0.6) is 5.75 Å². The number of nitrogens with one attached hydrogen (secondary N) is 2. The molecule has 2 aromatic carbocycles. The Bertz CT molecular complexity index is 592. The minimum atomic E-state index is 0. The first-order chi connectivity index (χ1) is 11.3. The fraction of sp³-hybridized carbons (Fsp3) is 0.316. The van der Waals surface area contributed by atoms with E-state index in [0.29, 0.717) is 13.2 Å². The van der Waals surface area contributed by atoms with Gasteiger partial charge in [0.1, 0.15) is 12.4 Å². The summed E-state index contributed by atoms with van der Waals surface area (Å²) >= 11 is 0. The van der Waals surface area contributed by atoms with Crippen molar-refractivity contribution in [2.24, 2.45) is 4.99 Å². The van der Waals surface area contributed by atoms with Gasteiger partial charge < -0.3 is 15.4 Å². The molecule has 0 aliphatic rings. The molecule has 0 aliphatic carbocycles. The smallest absolute Gasteiger partial charge is 0.191 e. The molecule has 24 heavy (non-hydrogen) atoms. The molecule has 0 atom stereocenters. The number of nitrogens with zero attached hydrogens (tertiary/aromatic N) is 1. The van der Waals surface area contributed by atoms with Gasteiger partial charge in [-0.3, -0.25) is 0 Å². The second kappa shape index (κ2) is 11.7. The second-order valence-electron chi connectivity index (χ2n) is 5.14. The first kappa shape index (κ1) is 20.3. The van der Waals surface area contributed by atoms with Crippen molar-refractivity contribution in [2.45, 2.75) is 27.0 Å². The van der Waals surface area contributed by atoms with Gasteiger partial charge in [-0.2, -0.15) is 0 Å². The highest BCUT2D eigenvalue weighted by atomic mass is 127. The van der Waals surface area contributed by atoms with Crippen molar-refractivity contribution in [3.05, 3.63) is 65.7 Å². The molecule has 0 bridgehead atoms. The van der Waals surface area contributed by atoms with Crippen molar-refractivity contribution in [1.29, 1.82) is 0 Å². The molecule has 5 heteroatoms. The molecule has 130 valence electrons. The highest BCUT2D eigenvalue weighted by Crippen LogP contribution is 2.14. The predicted molar refractivity (Wildman–Crippen MR) is 111 cm³/mol. The van der Waals surface area contributed by atoms with Crippen LogP contribution in [0.4, 0.5) is 0 Å². The Morgan fingerprint density at radius 2 is 1.50 bits per heavy atom. The maximum atomic E-state index is 5.79. The first-order valence-corrected chi connectivity index (χ1v) is 8.09. The Kier molecular flexibility index (Phi) is 9.91. The summed E-state index contributed by atoms with van der Waals surface area (Å²) in [5.41, 5.74) is 2.33. The molecule has 4 nitrogen and oxygen atoms in total. The van der Waals surface area contributed by atoms with Crippen LogP contribution in [0.3, 0.4) is 0 Å². The van der Waals surface area contributed by atoms with Gasteiger partial charge in [0.05, 0.1) is 6.54 Å². The van der Waals surface area contributed by atoms with Gasteiger partial charge in [0.15, 0.2) is 5.96 Å². The van der Waals surface area contributed by atoms with Crippen molar-refractivity contribution in [3.8, 4) is 5.75 Å². The van der Waals surface area contributed by atoms with E-state index in [1.165, 1.54) is 5.56 Å². The molecule has 2 N–H and O–H groups in total. The zero-order valence-corrected chi connectivity index (χ0v) is 16.6. The van der Waals surface area contributed by atoms with Gasteiger partial charge in [-0.05, 0) is 37.1 Å². The van der Waals surface area contributed by atoms with Crippen molar-refractivity contribution >= 4 is 29.9 Å². The van der Waals surface area contributed by atoms with Crippen molar-refractivity contribution < 1.29 is 4.74 Å². The van der Waals surface area contributed by atoms with Crippen LogP contribution in [0.1, 0.15) is 25.0 Å². The summed E-state index contributed by atoms with van der Waals surface area (Å²) in [6.45, 7) is 7.07. The highest BCUT2D eigenvalue weighted by molar-refractivity contribution is 14.0. The Hall–Kier alpha value is -1.76. The molecule has 0 saturated carbocycles. The third-order valence-electron chi connectivity index (χ3n) is 3.28. The SMILES string of the molecule is CCNC(=NCc1ccc(OCc2ccccc2)cc1)NCC.I. The lowest BCUT2D eigenvalue weighted by Gasteiger charge is -2.09. The van der Waals surface area contributed by atoms with Crippen LogP contribution in [-0.4, -0.2) is 19.0 Å². The van der Waals surface area contributed by atoms with Gasteiger partial charge in [-0.25, -0.2) is 4.99 Å². The standard InChI is InChI=1S/C19H25N3O.HI/c1-3-20-19(21-4-2)22-14-16-10-12-18(13-11-16)23-15-17-8-6-5-7-9-17;/h5-13H,3-4,14-15H2,1-2H3,(H2,20,21,22);1H. The summed E-state index contributed by atoms with van der Waals surface area (Å²) in [4.78, 5) is 4.55. The molecule has 2 aromatic rings. The summed E-state index contributed by atoms with van der Waals surface area (Å²) in [6.07, 6.45) is 0. The largest absolute Gasteiger partial charge is 0.489 e. The average Bonchev–Trinajstić information content (AvgIpc) is 2.60. The molecule has 0 aromatic heterocycles. The number of aliphatic imine (C=N–C) groups is 1. The van der Waals surface area contributed by atoms with Gasteiger partial charge >= 0.3 is 0 Å². The summed E-state index contributed by atoms with van der Waals surface area (Å²) in [5, 5.41) is 6.44. The second-order valence-corrected chi connectivity index (χ2v) is 5.14. The molecule has 0 aliphatic heterocycles. The number of guanidine groups is 1. The van der Waals surface area contributed by atoms with Gasteiger partial charge in [0.25, 0.3) is 0 Å². The fourth-order valence-corrected chi connectivity index (χ4v) is 2.11. The molecular weight excluding hydrogens is 413 g/mol. The summed E-state index contributed by atoms with van der Waals surface area (Å²) < 4.78 is 5.79. The van der Waals surface area contributed by atoms with Gasteiger partial charge in [-0.1, -0.05) is 42.5 Å². The van der Waals surface area contributed by atoms with Gasteiger partial charge in [-0.15, -0.1) is 24.0 Å². The Labute approximate surface area is 161 Å². The number of hydrogen-bond donors (Lipinski definition) is 2. The van der Waals surface area contributed by atoms with E-state index in [1.807, 2.05) is 30.3 Å². The molecule has 0 unspecified atom stereocenters. The molecule has 0 fully saturated rings. The Balaban J connectivity index is 0.00000288. The normalized spacial score (nSPS) is 9.58. The Morgan fingerprint density at radius 3 is 2.08 bits per heavy atom. The molecule has 0 saturated heterocycles. The van der Waals surface area contributed by atoms with E-state index >= 15 is 0 Å². The van der Waals surface area contributed by atoms with Crippen LogP contribution in [0, 0.1) is 0 Å². The number of rotatable bonds is 7. The number of halogens is 1. The number of ether oxygens (including phenoxy) is 1. The van der Waals surface area contributed by atoms with E-state index in [9.17, 15) is 0 Å². The third kappa shape index (κ3) is 7.21. The minimum Gasteiger partial charge on any atom is -0.489 e. The maximum absolute atomic E-state index is 5.79. The van der Waals surface area contributed by atoms with E-state index in [2.05, 4.69) is 53.7 Å². The Morgan fingerprint density at radius 1 is 0.875 bits per heavy atom. The maximum Gasteiger partial charge on any atom is 0.191 e. The third-order valence-corrected chi connectivity index (χ3v) is 3.28. The molecule has 0 amide bonds. The summed E-state index contributed by atoms with van der Waals surface area (Å²) in [5.74, 6) is 1.72. The zero-order chi connectivity index (χ0) is 16.3. The van der Waals surface area contributed by atoms with Crippen molar-refractivity contribution in [2.75, 3.05) is 13.1 Å². The van der Waals surface area contributed by atoms with E-state index in [1.54, 1.807) is 0 Å². The number of hydrogen-bond acceptors (Lipinski definition) is 2. The highest BCUT2D eigenvalue weighted by Gasteiger charge is 1.98. The van der Waals surface area contributed by atoms with Crippen LogP contribution in [-0.2, 0) is 13.2 Å². The van der Waals surface area contributed by atoms with E-state index in [0.717, 1.165) is 30.4 Å². The van der Waals surface area contributed by atoms with Crippen LogP contribution >= 0.6 is 24.0 Å². The van der Waals surface area contributed by atoms with Crippen LogP contribution in [0.2, 0.25) is 0 Å². The lowest BCUT2D eigenvalue weighted by molar-refractivity contribution is 0.306. The van der Waals surface area contributed by atoms with Crippen molar-refractivity contribution in [3.63, 3.8) is 0 Å². The van der Waals surface area contributed by atoms with Gasteiger partial charge in [0.2, 0.25) is 0 Å². The minimum absolute atomic E-state index is 0. The monoisotopic (exact) mass is 439 g/mol.